The van der Waals surface area contributed by atoms with Gasteiger partial charge in [-0.15, -0.1) is 0 Å². The van der Waals surface area contributed by atoms with E-state index in [4.69, 9.17) is 0 Å². The van der Waals surface area contributed by atoms with Gasteiger partial charge in [0.2, 0.25) is 0 Å². The number of benzene rings is 1. The summed E-state index contributed by atoms with van der Waals surface area (Å²) in [4.78, 5) is 4.34. The fourth-order valence-corrected chi connectivity index (χ4v) is 3.65. The highest BCUT2D eigenvalue weighted by atomic mass is 14.9. The molecule has 1 aliphatic heterocycles. The molecular formula is C18H24N2. The van der Waals surface area contributed by atoms with Crippen molar-refractivity contribution < 1.29 is 0 Å². The fraction of sp³-hybridized carbons (Fsp3) is 0.500. The summed E-state index contributed by atoms with van der Waals surface area (Å²) in [5.41, 5.74) is 1.50. The van der Waals surface area contributed by atoms with Crippen LogP contribution < -0.4 is 5.32 Å². The van der Waals surface area contributed by atoms with Crippen LogP contribution >= 0.6 is 0 Å². The van der Waals surface area contributed by atoms with E-state index in [2.05, 4.69) is 48.4 Å². The topological polar surface area (TPSA) is 24.9 Å². The van der Waals surface area contributed by atoms with Crippen LogP contribution in [0, 0.1) is 11.8 Å². The fourth-order valence-electron chi connectivity index (χ4n) is 3.65. The van der Waals surface area contributed by atoms with Crippen molar-refractivity contribution in [2.24, 2.45) is 11.8 Å². The van der Waals surface area contributed by atoms with Crippen molar-refractivity contribution in [3.63, 3.8) is 0 Å². The highest BCUT2D eigenvalue weighted by Gasteiger charge is 2.27. The third kappa shape index (κ3) is 2.71. The Morgan fingerprint density at radius 1 is 1.30 bits per heavy atom. The Labute approximate surface area is 121 Å². The molecule has 1 saturated heterocycles. The minimum absolute atomic E-state index is 0.673. The number of fused-ring (bicyclic) bond motifs is 1. The number of pyridine rings is 1. The summed E-state index contributed by atoms with van der Waals surface area (Å²) in [5.74, 6) is 2.18. The second-order valence-corrected chi connectivity index (χ2v) is 6.43. The first-order valence-electron chi connectivity index (χ1n) is 7.79. The lowest BCUT2D eigenvalue weighted by molar-refractivity contribution is 0.281. The van der Waals surface area contributed by atoms with E-state index in [-0.39, 0.29) is 0 Å². The second-order valence-electron chi connectivity index (χ2n) is 6.43. The molecule has 2 nitrogen and oxygen atoms in total. The van der Waals surface area contributed by atoms with Gasteiger partial charge in [0.15, 0.2) is 0 Å². The number of nitrogens with zero attached hydrogens (tertiary/aromatic N) is 1. The Balaban J connectivity index is 1.99. The zero-order chi connectivity index (χ0) is 13.9. The largest absolute Gasteiger partial charge is 0.316 e. The minimum Gasteiger partial charge on any atom is -0.316 e. The Morgan fingerprint density at radius 2 is 2.20 bits per heavy atom. The first-order valence-corrected chi connectivity index (χ1v) is 7.79. The summed E-state index contributed by atoms with van der Waals surface area (Å²) in [6, 6.07) is 8.83. The molecule has 106 valence electrons. The lowest BCUT2D eigenvalue weighted by atomic mass is 9.76. The summed E-state index contributed by atoms with van der Waals surface area (Å²) in [6.45, 7) is 6.95. The van der Waals surface area contributed by atoms with Crippen molar-refractivity contribution in [1.82, 2.24) is 10.3 Å². The molecule has 1 fully saturated rings. The molecule has 2 atom stereocenters. The lowest BCUT2D eigenvalue weighted by Gasteiger charge is -2.34. The van der Waals surface area contributed by atoms with E-state index in [1.54, 1.807) is 0 Å². The summed E-state index contributed by atoms with van der Waals surface area (Å²) < 4.78 is 0. The monoisotopic (exact) mass is 268 g/mol. The van der Waals surface area contributed by atoms with Gasteiger partial charge in [-0.1, -0.05) is 32.0 Å². The van der Waals surface area contributed by atoms with E-state index in [1.165, 1.54) is 29.2 Å². The number of aromatic nitrogens is 1. The van der Waals surface area contributed by atoms with Crippen LogP contribution in [0.2, 0.25) is 0 Å². The standard InChI is InChI=1S/C18H24N2/c1-13(2)10-15-11-19-9-7-16(15)17-5-3-4-14-6-8-20-12-18(14)17/h3-6,8,12-13,15-16,19H,7,9-11H2,1-2H3. The minimum atomic E-state index is 0.673. The highest BCUT2D eigenvalue weighted by Crippen LogP contribution is 2.37. The number of nitrogens with one attached hydrogen (secondary N) is 1. The van der Waals surface area contributed by atoms with Crippen LogP contribution in [0.3, 0.4) is 0 Å². The molecule has 0 aliphatic carbocycles. The molecule has 2 unspecified atom stereocenters. The van der Waals surface area contributed by atoms with Crippen LogP contribution in [-0.4, -0.2) is 18.1 Å². The zero-order valence-electron chi connectivity index (χ0n) is 12.5. The summed E-state index contributed by atoms with van der Waals surface area (Å²) in [5, 5.41) is 6.23. The third-order valence-corrected chi connectivity index (χ3v) is 4.50. The van der Waals surface area contributed by atoms with Crippen LogP contribution in [0.25, 0.3) is 10.8 Å². The maximum atomic E-state index is 4.34. The van der Waals surface area contributed by atoms with Crippen molar-refractivity contribution in [3.8, 4) is 0 Å². The van der Waals surface area contributed by atoms with Gasteiger partial charge < -0.3 is 5.32 Å². The highest BCUT2D eigenvalue weighted by molar-refractivity contribution is 5.85. The number of hydrogen-bond acceptors (Lipinski definition) is 2. The van der Waals surface area contributed by atoms with Gasteiger partial charge in [0.25, 0.3) is 0 Å². The first kappa shape index (κ1) is 13.6. The average Bonchev–Trinajstić information content (AvgIpc) is 2.47. The van der Waals surface area contributed by atoms with Crippen molar-refractivity contribution in [2.75, 3.05) is 13.1 Å². The predicted octanol–water partition coefficient (Wildman–Crippen LogP) is 3.97. The first-order chi connectivity index (χ1) is 9.75. The number of rotatable bonds is 3. The van der Waals surface area contributed by atoms with Gasteiger partial charge in [-0.3, -0.25) is 4.98 Å². The molecule has 2 heteroatoms. The van der Waals surface area contributed by atoms with Crippen LogP contribution in [0.5, 0.6) is 0 Å². The van der Waals surface area contributed by atoms with Gasteiger partial charge in [-0.25, -0.2) is 0 Å². The van der Waals surface area contributed by atoms with Crippen molar-refractivity contribution >= 4 is 10.8 Å². The number of piperidine rings is 1. The van der Waals surface area contributed by atoms with Gasteiger partial charge in [0.05, 0.1) is 0 Å². The normalized spacial score (nSPS) is 23.4. The molecule has 3 rings (SSSR count). The molecule has 1 N–H and O–H groups in total. The molecule has 1 aliphatic rings. The molecular weight excluding hydrogens is 244 g/mol. The molecule has 0 bridgehead atoms. The quantitative estimate of drug-likeness (QED) is 0.911. The number of hydrogen-bond donors (Lipinski definition) is 1. The van der Waals surface area contributed by atoms with Crippen LogP contribution in [0.4, 0.5) is 0 Å². The molecule has 20 heavy (non-hydrogen) atoms. The predicted molar refractivity (Wildman–Crippen MR) is 84.9 cm³/mol. The van der Waals surface area contributed by atoms with Gasteiger partial charge in [0, 0.05) is 17.8 Å². The van der Waals surface area contributed by atoms with E-state index in [0.717, 1.165) is 24.9 Å². The molecule has 2 aromatic rings. The average molecular weight is 268 g/mol. The van der Waals surface area contributed by atoms with Crippen molar-refractivity contribution in [3.05, 3.63) is 42.2 Å². The molecule has 0 amide bonds. The Bertz CT molecular complexity index is 571. The van der Waals surface area contributed by atoms with Gasteiger partial charge in [-0.2, -0.15) is 0 Å². The van der Waals surface area contributed by atoms with Gasteiger partial charge >= 0.3 is 0 Å². The Kier molecular flexibility index (Phi) is 4.02. The third-order valence-electron chi connectivity index (χ3n) is 4.50. The van der Waals surface area contributed by atoms with Gasteiger partial charge in [-0.05, 0) is 60.7 Å². The lowest BCUT2D eigenvalue weighted by Crippen LogP contribution is -2.36. The van der Waals surface area contributed by atoms with Gasteiger partial charge in [0.1, 0.15) is 0 Å². The van der Waals surface area contributed by atoms with Crippen molar-refractivity contribution in [1.29, 1.82) is 0 Å². The molecule has 0 radical (unpaired) electrons. The van der Waals surface area contributed by atoms with E-state index in [0.29, 0.717) is 5.92 Å². The maximum absolute atomic E-state index is 4.34. The summed E-state index contributed by atoms with van der Waals surface area (Å²) >= 11 is 0. The summed E-state index contributed by atoms with van der Waals surface area (Å²) in [7, 11) is 0. The molecule has 2 heterocycles. The molecule has 1 aromatic heterocycles. The maximum Gasteiger partial charge on any atom is 0.0349 e. The van der Waals surface area contributed by atoms with E-state index < -0.39 is 0 Å². The summed E-state index contributed by atoms with van der Waals surface area (Å²) in [6.07, 6.45) is 6.47. The molecule has 0 saturated carbocycles. The second kappa shape index (κ2) is 5.92. The molecule has 0 spiro atoms. The Hall–Kier alpha value is -1.41. The van der Waals surface area contributed by atoms with Crippen LogP contribution in [-0.2, 0) is 0 Å². The molecule has 1 aromatic carbocycles. The van der Waals surface area contributed by atoms with E-state index in [9.17, 15) is 0 Å². The van der Waals surface area contributed by atoms with E-state index in [1.807, 2.05) is 12.4 Å². The Morgan fingerprint density at radius 3 is 3.05 bits per heavy atom. The van der Waals surface area contributed by atoms with Crippen molar-refractivity contribution in [2.45, 2.75) is 32.6 Å². The SMILES string of the molecule is CC(C)CC1CNCCC1c1cccc2ccncc12. The van der Waals surface area contributed by atoms with Crippen LogP contribution in [0.1, 0.15) is 38.2 Å². The zero-order valence-corrected chi connectivity index (χ0v) is 12.5. The van der Waals surface area contributed by atoms with Crippen LogP contribution in [0.15, 0.2) is 36.7 Å². The smallest absolute Gasteiger partial charge is 0.0349 e. The van der Waals surface area contributed by atoms with E-state index >= 15 is 0 Å².